The molecule has 3 aromatic heterocycles. The standard InChI is InChI=1S/C16H13N3O3S/c1-8-6-11(10(3)21-8)14-18-12(15(20)22-14)7-13-9(2)17-16-19(13)4-5-23-16/h4-7H,1-3H3. The van der Waals surface area contributed by atoms with E-state index < -0.39 is 5.97 Å². The van der Waals surface area contributed by atoms with E-state index in [1.165, 1.54) is 0 Å². The van der Waals surface area contributed by atoms with Gasteiger partial charge < -0.3 is 9.15 Å². The van der Waals surface area contributed by atoms with Crippen LogP contribution in [0.25, 0.3) is 11.0 Å². The summed E-state index contributed by atoms with van der Waals surface area (Å²) in [6, 6.07) is 1.81. The average Bonchev–Trinajstić information content (AvgIpc) is 3.20. The number of ether oxygens (including phenoxy) is 1. The Morgan fingerprint density at radius 2 is 2.13 bits per heavy atom. The minimum absolute atomic E-state index is 0.259. The molecular weight excluding hydrogens is 314 g/mol. The number of aliphatic imine (C=N–C) groups is 1. The van der Waals surface area contributed by atoms with Crippen molar-refractivity contribution in [3.05, 3.63) is 51.8 Å². The molecule has 0 radical (unpaired) electrons. The smallest absolute Gasteiger partial charge is 0.363 e. The number of esters is 1. The van der Waals surface area contributed by atoms with Gasteiger partial charge in [0, 0.05) is 11.6 Å². The van der Waals surface area contributed by atoms with E-state index in [9.17, 15) is 4.79 Å². The summed E-state index contributed by atoms with van der Waals surface area (Å²) in [7, 11) is 0. The maximum Gasteiger partial charge on any atom is 0.363 e. The SMILES string of the molecule is Cc1cc(C2=NC(=Cc3c(C)nc4sccn34)C(=O)O2)c(C)o1. The van der Waals surface area contributed by atoms with E-state index in [1.54, 1.807) is 17.4 Å². The lowest BCUT2D eigenvalue weighted by Gasteiger charge is -1.95. The summed E-state index contributed by atoms with van der Waals surface area (Å²) in [6.45, 7) is 5.56. The van der Waals surface area contributed by atoms with Gasteiger partial charge in [-0.15, -0.1) is 11.3 Å². The van der Waals surface area contributed by atoms with Crippen molar-refractivity contribution in [2.75, 3.05) is 0 Å². The number of nitrogens with zero attached hydrogens (tertiary/aromatic N) is 3. The van der Waals surface area contributed by atoms with Crippen molar-refractivity contribution >= 4 is 34.2 Å². The predicted octanol–water partition coefficient (Wildman–Crippen LogP) is 3.26. The van der Waals surface area contributed by atoms with E-state index in [0.717, 1.165) is 22.1 Å². The van der Waals surface area contributed by atoms with Crippen LogP contribution in [0, 0.1) is 20.8 Å². The number of aromatic nitrogens is 2. The minimum atomic E-state index is -0.470. The molecule has 6 nitrogen and oxygen atoms in total. The molecule has 4 heterocycles. The summed E-state index contributed by atoms with van der Waals surface area (Å²) in [5.74, 6) is 1.23. The van der Waals surface area contributed by atoms with Crippen LogP contribution < -0.4 is 0 Å². The molecule has 0 aliphatic carbocycles. The lowest BCUT2D eigenvalue weighted by Crippen LogP contribution is -2.05. The number of imidazole rings is 1. The van der Waals surface area contributed by atoms with Gasteiger partial charge in [-0.25, -0.2) is 14.8 Å². The van der Waals surface area contributed by atoms with Crippen LogP contribution in [0.3, 0.4) is 0 Å². The first-order valence-electron chi connectivity index (χ1n) is 7.05. The molecule has 0 unspecified atom stereocenters. The summed E-state index contributed by atoms with van der Waals surface area (Å²) >= 11 is 1.54. The molecule has 4 rings (SSSR count). The van der Waals surface area contributed by atoms with Crippen molar-refractivity contribution < 1.29 is 13.9 Å². The molecule has 0 saturated carbocycles. The molecule has 0 bridgehead atoms. The van der Waals surface area contributed by atoms with Crippen LogP contribution in [0.5, 0.6) is 0 Å². The highest BCUT2D eigenvalue weighted by atomic mass is 32.1. The van der Waals surface area contributed by atoms with Crippen LogP contribution in [-0.4, -0.2) is 21.3 Å². The number of carbonyl (C=O) groups is 1. The summed E-state index contributed by atoms with van der Waals surface area (Å²) in [4.78, 5) is 21.8. The fourth-order valence-corrected chi connectivity index (χ4v) is 3.35. The largest absolute Gasteiger partial charge is 0.466 e. The molecule has 3 aromatic rings. The van der Waals surface area contributed by atoms with E-state index in [1.807, 2.05) is 42.8 Å². The highest BCUT2D eigenvalue weighted by molar-refractivity contribution is 7.15. The van der Waals surface area contributed by atoms with Gasteiger partial charge >= 0.3 is 5.97 Å². The van der Waals surface area contributed by atoms with Gasteiger partial charge in [0.25, 0.3) is 0 Å². The number of cyclic esters (lactones) is 1. The van der Waals surface area contributed by atoms with Gasteiger partial charge in [-0.2, -0.15) is 0 Å². The molecule has 0 aromatic carbocycles. The number of fused-ring (bicyclic) bond motifs is 1. The van der Waals surface area contributed by atoms with Crippen molar-refractivity contribution in [2.24, 2.45) is 4.99 Å². The second-order valence-corrected chi connectivity index (χ2v) is 6.17. The third-order valence-electron chi connectivity index (χ3n) is 3.65. The second kappa shape index (κ2) is 4.92. The van der Waals surface area contributed by atoms with Gasteiger partial charge in [0.1, 0.15) is 11.5 Å². The average molecular weight is 327 g/mol. The molecular formula is C16H13N3O3S. The summed E-state index contributed by atoms with van der Waals surface area (Å²) in [5.41, 5.74) is 2.63. The lowest BCUT2D eigenvalue weighted by molar-refractivity contribution is -0.129. The maximum absolute atomic E-state index is 12.1. The Labute approximate surface area is 135 Å². The van der Waals surface area contributed by atoms with Crippen molar-refractivity contribution in [3.63, 3.8) is 0 Å². The lowest BCUT2D eigenvalue weighted by atomic mass is 10.2. The third kappa shape index (κ3) is 2.20. The molecule has 0 saturated heterocycles. The van der Waals surface area contributed by atoms with Gasteiger partial charge in [-0.05, 0) is 32.9 Å². The number of rotatable bonds is 2. The first-order chi connectivity index (χ1) is 11.0. The Bertz CT molecular complexity index is 1000. The Hall–Kier alpha value is -2.67. The van der Waals surface area contributed by atoms with E-state index in [0.29, 0.717) is 11.3 Å². The first kappa shape index (κ1) is 14.0. The Kier molecular flexibility index (Phi) is 2.99. The fourth-order valence-electron chi connectivity index (χ4n) is 2.58. The molecule has 0 N–H and O–H groups in total. The topological polar surface area (TPSA) is 69.1 Å². The highest BCUT2D eigenvalue weighted by Crippen LogP contribution is 2.25. The third-order valence-corrected chi connectivity index (χ3v) is 4.40. The summed E-state index contributed by atoms with van der Waals surface area (Å²) in [5, 5.41) is 1.95. The Morgan fingerprint density at radius 1 is 1.30 bits per heavy atom. The van der Waals surface area contributed by atoms with Crippen LogP contribution in [0.4, 0.5) is 0 Å². The minimum Gasteiger partial charge on any atom is -0.466 e. The second-order valence-electron chi connectivity index (χ2n) is 5.30. The quantitative estimate of drug-likeness (QED) is 0.535. The predicted molar refractivity (Wildman–Crippen MR) is 86.6 cm³/mol. The van der Waals surface area contributed by atoms with Crippen LogP contribution >= 0.6 is 11.3 Å². The van der Waals surface area contributed by atoms with Gasteiger partial charge in [-0.1, -0.05) is 0 Å². The van der Waals surface area contributed by atoms with E-state index >= 15 is 0 Å². The summed E-state index contributed by atoms with van der Waals surface area (Å²) in [6.07, 6.45) is 3.63. The molecule has 116 valence electrons. The molecule has 1 aliphatic heterocycles. The number of thiazole rings is 1. The zero-order chi connectivity index (χ0) is 16.1. The van der Waals surface area contributed by atoms with Gasteiger partial charge in [-0.3, -0.25) is 4.40 Å². The van der Waals surface area contributed by atoms with Crippen LogP contribution in [0.2, 0.25) is 0 Å². The fraction of sp³-hybridized carbons (Fsp3) is 0.188. The number of carbonyl (C=O) groups excluding carboxylic acids is 1. The van der Waals surface area contributed by atoms with Crippen molar-refractivity contribution in [3.8, 4) is 0 Å². The Balaban J connectivity index is 1.79. The molecule has 1 aliphatic rings. The molecule has 0 spiro atoms. The Morgan fingerprint density at radius 3 is 2.87 bits per heavy atom. The highest BCUT2D eigenvalue weighted by Gasteiger charge is 2.27. The van der Waals surface area contributed by atoms with Crippen molar-refractivity contribution in [2.45, 2.75) is 20.8 Å². The zero-order valence-corrected chi connectivity index (χ0v) is 13.6. The summed E-state index contributed by atoms with van der Waals surface area (Å²) < 4.78 is 12.7. The number of hydrogen-bond acceptors (Lipinski definition) is 6. The number of furan rings is 1. The van der Waals surface area contributed by atoms with Crippen molar-refractivity contribution in [1.82, 2.24) is 9.38 Å². The number of hydrogen-bond donors (Lipinski definition) is 0. The van der Waals surface area contributed by atoms with Crippen molar-refractivity contribution in [1.29, 1.82) is 0 Å². The molecule has 0 fully saturated rings. The molecule has 0 atom stereocenters. The molecule has 7 heteroatoms. The van der Waals surface area contributed by atoms with Crippen LogP contribution in [-0.2, 0) is 9.53 Å². The maximum atomic E-state index is 12.1. The zero-order valence-electron chi connectivity index (χ0n) is 12.8. The molecule has 23 heavy (non-hydrogen) atoms. The van der Waals surface area contributed by atoms with E-state index in [4.69, 9.17) is 9.15 Å². The normalized spacial score (nSPS) is 16.4. The van der Waals surface area contributed by atoms with E-state index in [-0.39, 0.29) is 11.6 Å². The van der Waals surface area contributed by atoms with E-state index in [2.05, 4.69) is 9.98 Å². The van der Waals surface area contributed by atoms with Crippen LogP contribution in [0.15, 0.2) is 32.7 Å². The van der Waals surface area contributed by atoms with Gasteiger partial charge in [0.2, 0.25) is 5.90 Å². The van der Waals surface area contributed by atoms with Crippen LogP contribution in [0.1, 0.15) is 28.5 Å². The van der Waals surface area contributed by atoms with Gasteiger partial charge in [0.15, 0.2) is 10.7 Å². The van der Waals surface area contributed by atoms with Gasteiger partial charge in [0.05, 0.1) is 17.0 Å². The first-order valence-corrected chi connectivity index (χ1v) is 7.93. The monoisotopic (exact) mass is 327 g/mol. The number of aryl methyl sites for hydroxylation is 3. The molecule has 0 amide bonds.